The minimum Gasteiger partial charge on any atom is -0.0905 e. The average molecular weight is 455 g/mol. The molecule has 0 N–H and O–H groups in total. The summed E-state index contributed by atoms with van der Waals surface area (Å²) in [6.45, 7) is 6.62. The van der Waals surface area contributed by atoms with Gasteiger partial charge < -0.3 is 0 Å². The molecule has 0 aliphatic heterocycles. The van der Waals surface area contributed by atoms with Gasteiger partial charge in [0.15, 0.2) is 0 Å². The summed E-state index contributed by atoms with van der Waals surface area (Å²) in [5.74, 6) is 0. The molecule has 5 aromatic carbocycles. The van der Waals surface area contributed by atoms with Crippen molar-refractivity contribution in [3.63, 3.8) is 0 Å². The number of rotatable bonds is 6. The highest BCUT2D eigenvalue weighted by Gasteiger charge is 2.21. The summed E-state index contributed by atoms with van der Waals surface area (Å²) in [5.41, 5.74) is 7.13. The van der Waals surface area contributed by atoms with E-state index in [1.165, 1.54) is 38.2 Å². The van der Waals surface area contributed by atoms with E-state index in [-0.39, 0.29) is 0 Å². The summed E-state index contributed by atoms with van der Waals surface area (Å²) in [6, 6.07) is 48.0. The fraction of sp³-hybridized carbons (Fsp3) is 0.0303. The number of aryl methyl sites for hydroxylation is 1. The first-order valence-electron chi connectivity index (χ1n) is 11.6. The Bertz CT molecular complexity index is 1360. The van der Waals surface area contributed by atoms with Crippen molar-refractivity contribution < 1.29 is 0 Å². The monoisotopic (exact) mass is 454 g/mol. The van der Waals surface area contributed by atoms with E-state index in [4.69, 9.17) is 0 Å². The Hall–Kier alpha value is -3.73. The van der Waals surface area contributed by atoms with Crippen LogP contribution >= 0.6 is 7.92 Å². The van der Waals surface area contributed by atoms with Gasteiger partial charge in [0, 0.05) is 0 Å². The third-order valence-electron chi connectivity index (χ3n) is 6.12. The first-order chi connectivity index (χ1) is 16.7. The molecule has 0 saturated heterocycles. The number of hydrogen-bond donors (Lipinski definition) is 0. The molecular weight excluding hydrogens is 427 g/mol. The maximum Gasteiger partial charge on any atom is -0.00724 e. The summed E-state index contributed by atoms with van der Waals surface area (Å²) >= 11 is 0. The summed E-state index contributed by atoms with van der Waals surface area (Å²) < 4.78 is 0. The van der Waals surface area contributed by atoms with Gasteiger partial charge in [-0.15, -0.1) is 0 Å². The van der Waals surface area contributed by atoms with Crippen LogP contribution in [0.3, 0.4) is 0 Å². The molecular formula is C33H27P. The van der Waals surface area contributed by atoms with E-state index in [1.807, 2.05) is 0 Å². The number of benzene rings is 5. The third kappa shape index (κ3) is 4.51. The Morgan fingerprint density at radius 2 is 1.03 bits per heavy atom. The topological polar surface area (TPSA) is 0 Å². The minimum absolute atomic E-state index is 0.710. The van der Waals surface area contributed by atoms with Crippen molar-refractivity contribution in [3.05, 3.63) is 157 Å². The lowest BCUT2D eigenvalue weighted by Gasteiger charge is -2.23. The zero-order chi connectivity index (χ0) is 23.3. The molecule has 0 radical (unpaired) electrons. The van der Waals surface area contributed by atoms with E-state index in [9.17, 15) is 0 Å². The van der Waals surface area contributed by atoms with Gasteiger partial charge in [0.2, 0.25) is 0 Å². The van der Waals surface area contributed by atoms with E-state index < -0.39 is 7.92 Å². The van der Waals surface area contributed by atoms with E-state index >= 15 is 0 Å². The van der Waals surface area contributed by atoms with Crippen LogP contribution in [0.5, 0.6) is 0 Å². The molecule has 0 nitrogen and oxygen atoms in total. The van der Waals surface area contributed by atoms with Crippen molar-refractivity contribution in [2.24, 2.45) is 0 Å². The van der Waals surface area contributed by atoms with Gasteiger partial charge in [-0.2, -0.15) is 0 Å². The molecule has 164 valence electrons. The van der Waals surface area contributed by atoms with Crippen molar-refractivity contribution in [3.8, 4) is 11.1 Å². The molecule has 0 amide bonds. The smallest absolute Gasteiger partial charge is 0.00724 e. The second kappa shape index (κ2) is 10.0. The van der Waals surface area contributed by atoms with Crippen molar-refractivity contribution in [2.75, 3.05) is 0 Å². The molecule has 0 spiro atoms. The molecule has 5 aromatic rings. The predicted octanol–water partition coefficient (Wildman–Crippen LogP) is 7.48. The molecule has 0 bridgehead atoms. The fourth-order valence-electron chi connectivity index (χ4n) is 4.37. The predicted molar refractivity (Wildman–Crippen MR) is 150 cm³/mol. The molecule has 5 rings (SSSR count). The lowest BCUT2D eigenvalue weighted by atomic mass is 9.91. The Morgan fingerprint density at radius 3 is 1.65 bits per heavy atom. The highest BCUT2D eigenvalue weighted by molar-refractivity contribution is 7.80. The summed E-state index contributed by atoms with van der Waals surface area (Å²) in [5, 5.41) is 4.07. The minimum atomic E-state index is -0.710. The van der Waals surface area contributed by atoms with Gasteiger partial charge in [-0.1, -0.05) is 146 Å². The quantitative estimate of drug-likeness (QED) is 0.233. The largest absolute Gasteiger partial charge is 0.0905 e. The second-order valence-corrected chi connectivity index (χ2v) is 10.6. The van der Waals surface area contributed by atoms with Crippen LogP contribution in [-0.2, 0) is 0 Å². The van der Waals surface area contributed by atoms with Gasteiger partial charge in [-0.05, 0) is 58.6 Å². The third-order valence-corrected chi connectivity index (χ3v) is 8.62. The second-order valence-electron chi connectivity index (χ2n) is 8.41. The number of hydrogen-bond acceptors (Lipinski definition) is 0. The summed E-state index contributed by atoms with van der Waals surface area (Å²) in [4.78, 5) is 0. The van der Waals surface area contributed by atoms with Crippen LogP contribution in [0.2, 0.25) is 0 Å². The van der Waals surface area contributed by atoms with Crippen molar-refractivity contribution in [1.29, 1.82) is 0 Å². The van der Waals surface area contributed by atoms with Crippen molar-refractivity contribution >= 4 is 29.4 Å². The first kappa shape index (κ1) is 22.1. The molecule has 1 heteroatoms. The van der Waals surface area contributed by atoms with Crippen molar-refractivity contribution in [1.82, 2.24) is 0 Å². The van der Waals surface area contributed by atoms with Crippen LogP contribution in [-0.4, -0.2) is 0 Å². The van der Waals surface area contributed by atoms with Gasteiger partial charge in [0.1, 0.15) is 0 Å². The maximum absolute atomic E-state index is 4.51. The standard InChI is InChI=1S/C33H27P/c1-25-21-23-27(24-22-25)26(2)30-17-9-10-18-31(30)32-19-11-12-20-33(32)34(28-13-5-3-6-14-28)29-15-7-4-8-16-29/h3-24H,2H2,1H3. The van der Waals surface area contributed by atoms with E-state index in [1.54, 1.807) is 0 Å². The fourth-order valence-corrected chi connectivity index (χ4v) is 6.84. The maximum atomic E-state index is 4.51. The molecule has 0 unspecified atom stereocenters. The SMILES string of the molecule is C=C(c1ccc(C)cc1)c1ccccc1-c1ccccc1P(c1ccccc1)c1ccccc1. The lowest BCUT2D eigenvalue weighted by molar-refractivity contribution is 1.45. The Kier molecular flexibility index (Phi) is 6.52. The first-order valence-corrected chi connectivity index (χ1v) is 12.9. The average Bonchev–Trinajstić information content (AvgIpc) is 2.90. The molecule has 0 aliphatic carbocycles. The van der Waals surface area contributed by atoms with Gasteiger partial charge in [-0.3, -0.25) is 0 Å². The molecule has 0 aromatic heterocycles. The van der Waals surface area contributed by atoms with E-state index in [2.05, 4.69) is 147 Å². The molecule has 0 atom stereocenters. The van der Waals surface area contributed by atoms with Crippen LogP contribution in [0.4, 0.5) is 0 Å². The van der Waals surface area contributed by atoms with Crippen LogP contribution < -0.4 is 15.9 Å². The highest BCUT2D eigenvalue weighted by atomic mass is 31.1. The van der Waals surface area contributed by atoms with Crippen LogP contribution in [0.15, 0.2) is 140 Å². The molecule has 0 fully saturated rings. The summed E-state index contributed by atoms with van der Waals surface area (Å²) in [7, 11) is -0.710. The van der Waals surface area contributed by atoms with Gasteiger partial charge in [0.25, 0.3) is 0 Å². The van der Waals surface area contributed by atoms with Gasteiger partial charge in [-0.25, -0.2) is 0 Å². The molecule has 0 saturated carbocycles. The van der Waals surface area contributed by atoms with E-state index in [0.717, 1.165) is 11.1 Å². The zero-order valence-electron chi connectivity index (χ0n) is 19.4. The molecule has 0 heterocycles. The van der Waals surface area contributed by atoms with Crippen LogP contribution in [0, 0.1) is 6.92 Å². The zero-order valence-corrected chi connectivity index (χ0v) is 20.3. The van der Waals surface area contributed by atoms with Gasteiger partial charge in [0.05, 0.1) is 0 Å². The highest BCUT2D eigenvalue weighted by Crippen LogP contribution is 2.39. The Balaban J connectivity index is 1.68. The van der Waals surface area contributed by atoms with Crippen molar-refractivity contribution in [2.45, 2.75) is 6.92 Å². The Labute approximate surface area is 204 Å². The summed E-state index contributed by atoms with van der Waals surface area (Å²) in [6.07, 6.45) is 0. The Morgan fingerprint density at radius 1 is 0.529 bits per heavy atom. The lowest BCUT2D eigenvalue weighted by Crippen LogP contribution is -2.22. The normalized spacial score (nSPS) is 10.9. The van der Waals surface area contributed by atoms with Crippen LogP contribution in [0.25, 0.3) is 16.7 Å². The molecule has 34 heavy (non-hydrogen) atoms. The van der Waals surface area contributed by atoms with Gasteiger partial charge >= 0.3 is 0 Å². The molecule has 0 aliphatic rings. The van der Waals surface area contributed by atoms with E-state index in [0.29, 0.717) is 0 Å². The van der Waals surface area contributed by atoms with Crippen LogP contribution in [0.1, 0.15) is 16.7 Å².